The fourth-order valence-electron chi connectivity index (χ4n) is 3.34. The number of hydrogen-bond donors (Lipinski definition) is 2. The summed E-state index contributed by atoms with van der Waals surface area (Å²) in [5, 5.41) is 5.86. The van der Waals surface area contributed by atoms with Crippen molar-refractivity contribution in [1.82, 2.24) is 4.90 Å². The zero-order valence-corrected chi connectivity index (χ0v) is 15.8. The predicted octanol–water partition coefficient (Wildman–Crippen LogP) is 4.06. The average molecular weight is 365 g/mol. The third kappa shape index (κ3) is 5.66. The Morgan fingerprint density at radius 2 is 1.70 bits per heavy atom. The van der Waals surface area contributed by atoms with E-state index in [0.717, 1.165) is 31.6 Å². The minimum Gasteiger partial charge on any atom is -0.324 e. The van der Waals surface area contributed by atoms with Crippen LogP contribution in [0.1, 0.15) is 41.6 Å². The van der Waals surface area contributed by atoms with Gasteiger partial charge in [-0.2, -0.15) is 0 Å². The Bertz CT molecular complexity index is 783. The fraction of sp³-hybridized carbons (Fsp3) is 0.364. The molecule has 0 spiro atoms. The smallest absolute Gasteiger partial charge is 0.255 e. The zero-order valence-electron chi connectivity index (χ0n) is 15.8. The molecule has 2 aromatic carbocycles. The van der Waals surface area contributed by atoms with Gasteiger partial charge in [-0.1, -0.05) is 24.3 Å². The van der Waals surface area contributed by atoms with Crippen LogP contribution < -0.4 is 10.6 Å². The number of carbonyl (C=O) groups excluding carboxylic acids is 2. The first-order valence-electron chi connectivity index (χ1n) is 9.61. The van der Waals surface area contributed by atoms with Gasteiger partial charge < -0.3 is 15.5 Å². The quantitative estimate of drug-likeness (QED) is 0.778. The van der Waals surface area contributed by atoms with Gasteiger partial charge in [0.2, 0.25) is 5.91 Å². The molecule has 0 aromatic heterocycles. The third-order valence-electron chi connectivity index (χ3n) is 4.81. The Kier molecular flexibility index (Phi) is 6.60. The van der Waals surface area contributed by atoms with Crippen LogP contribution >= 0.6 is 0 Å². The molecule has 2 aromatic rings. The van der Waals surface area contributed by atoms with Crippen molar-refractivity contribution in [1.29, 1.82) is 0 Å². The van der Waals surface area contributed by atoms with Crippen LogP contribution in [-0.2, 0) is 4.79 Å². The molecule has 0 saturated carbocycles. The number of nitrogens with one attached hydrogen (secondary N) is 2. The van der Waals surface area contributed by atoms with Gasteiger partial charge in [-0.15, -0.1) is 0 Å². The summed E-state index contributed by atoms with van der Waals surface area (Å²) in [5.74, 6) is -0.209. The minimum absolute atomic E-state index is 0.0185. The summed E-state index contributed by atoms with van der Waals surface area (Å²) < 4.78 is 0. The molecule has 1 heterocycles. The van der Waals surface area contributed by atoms with Crippen LogP contribution in [0.15, 0.2) is 48.5 Å². The Morgan fingerprint density at radius 3 is 2.44 bits per heavy atom. The van der Waals surface area contributed by atoms with Crippen molar-refractivity contribution in [3.63, 3.8) is 0 Å². The van der Waals surface area contributed by atoms with E-state index in [0.29, 0.717) is 23.4 Å². The second-order valence-electron chi connectivity index (χ2n) is 7.07. The van der Waals surface area contributed by atoms with Crippen LogP contribution in [-0.4, -0.2) is 36.3 Å². The zero-order chi connectivity index (χ0) is 19.1. The highest BCUT2D eigenvalue weighted by Crippen LogP contribution is 2.24. The first kappa shape index (κ1) is 19.1. The molecule has 0 unspecified atom stereocenters. The molecule has 3 rings (SSSR count). The van der Waals surface area contributed by atoms with Crippen molar-refractivity contribution < 1.29 is 9.59 Å². The molecule has 0 bridgehead atoms. The van der Waals surface area contributed by atoms with Gasteiger partial charge in [-0.3, -0.25) is 9.59 Å². The largest absolute Gasteiger partial charge is 0.324 e. The molecule has 2 N–H and O–H groups in total. The molecule has 1 fully saturated rings. The summed E-state index contributed by atoms with van der Waals surface area (Å²) in [6.07, 6.45) is 3.86. The molecule has 0 radical (unpaired) electrons. The summed E-state index contributed by atoms with van der Waals surface area (Å²) in [5.41, 5.74) is 2.87. The second kappa shape index (κ2) is 9.33. The molecule has 2 amide bonds. The van der Waals surface area contributed by atoms with Crippen molar-refractivity contribution in [2.45, 2.75) is 32.6 Å². The van der Waals surface area contributed by atoms with Gasteiger partial charge >= 0.3 is 0 Å². The predicted molar refractivity (Wildman–Crippen MR) is 109 cm³/mol. The van der Waals surface area contributed by atoms with Crippen LogP contribution in [0.4, 0.5) is 11.4 Å². The fourth-order valence-corrected chi connectivity index (χ4v) is 3.34. The van der Waals surface area contributed by atoms with Crippen molar-refractivity contribution in [3.05, 3.63) is 59.7 Å². The standard InChI is InChI=1S/C22H27N3O2/c1-17-11-12-19(24-22(27)18-8-3-2-4-9-18)20(16-17)23-21(26)10-7-15-25-13-5-6-14-25/h2-4,8-9,11-12,16H,5-7,10,13-15H2,1H3,(H,23,26)(H,24,27). The van der Waals surface area contributed by atoms with Gasteiger partial charge in [0.1, 0.15) is 0 Å². The maximum Gasteiger partial charge on any atom is 0.255 e. The van der Waals surface area contributed by atoms with Gasteiger partial charge in [0.05, 0.1) is 11.4 Å². The SMILES string of the molecule is Cc1ccc(NC(=O)c2ccccc2)c(NC(=O)CCCN2CCCC2)c1. The summed E-state index contributed by atoms with van der Waals surface area (Å²) in [6, 6.07) is 14.7. The van der Waals surface area contributed by atoms with Crippen LogP contribution in [0.3, 0.4) is 0 Å². The first-order chi connectivity index (χ1) is 13.1. The van der Waals surface area contributed by atoms with Crippen molar-refractivity contribution in [2.75, 3.05) is 30.3 Å². The third-order valence-corrected chi connectivity index (χ3v) is 4.81. The van der Waals surface area contributed by atoms with Gasteiger partial charge in [0.15, 0.2) is 0 Å². The lowest BCUT2D eigenvalue weighted by Gasteiger charge is -2.15. The molecule has 5 heteroatoms. The minimum atomic E-state index is -0.191. The highest BCUT2D eigenvalue weighted by molar-refractivity contribution is 6.07. The van der Waals surface area contributed by atoms with E-state index in [-0.39, 0.29) is 11.8 Å². The number of likely N-dealkylation sites (tertiary alicyclic amines) is 1. The molecular formula is C22H27N3O2. The lowest BCUT2D eigenvalue weighted by molar-refractivity contribution is -0.116. The average Bonchev–Trinajstić information content (AvgIpc) is 3.18. The highest BCUT2D eigenvalue weighted by Gasteiger charge is 2.13. The molecule has 5 nitrogen and oxygen atoms in total. The maximum absolute atomic E-state index is 12.4. The molecule has 0 atom stereocenters. The van der Waals surface area contributed by atoms with E-state index in [1.165, 1.54) is 12.8 Å². The van der Waals surface area contributed by atoms with E-state index in [9.17, 15) is 9.59 Å². The van der Waals surface area contributed by atoms with E-state index < -0.39 is 0 Å². The van der Waals surface area contributed by atoms with Crippen LogP contribution in [0.5, 0.6) is 0 Å². The second-order valence-corrected chi connectivity index (χ2v) is 7.07. The van der Waals surface area contributed by atoms with Gasteiger partial charge in [-0.05, 0) is 75.6 Å². The number of amides is 2. The summed E-state index contributed by atoms with van der Waals surface area (Å²) in [4.78, 5) is 27.2. The monoisotopic (exact) mass is 365 g/mol. The Hall–Kier alpha value is -2.66. The van der Waals surface area contributed by atoms with Crippen molar-refractivity contribution in [2.24, 2.45) is 0 Å². The number of rotatable bonds is 7. The highest BCUT2D eigenvalue weighted by atomic mass is 16.2. The number of anilines is 2. The van der Waals surface area contributed by atoms with E-state index >= 15 is 0 Å². The summed E-state index contributed by atoms with van der Waals surface area (Å²) in [7, 11) is 0. The number of nitrogens with zero attached hydrogens (tertiary/aromatic N) is 1. The topological polar surface area (TPSA) is 61.4 Å². The molecule has 142 valence electrons. The van der Waals surface area contributed by atoms with E-state index in [2.05, 4.69) is 15.5 Å². The lowest BCUT2D eigenvalue weighted by atomic mass is 10.1. The number of aryl methyl sites for hydroxylation is 1. The molecule has 0 aliphatic carbocycles. The summed E-state index contributed by atoms with van der Waals surface area (Å²) >= 11 is 0. The Labute approximate surface area is 160 Å². The normalized spacial score (nSPS) is 14.1. The molecular weight excluding hydrogens is 338 g/mol. The van der Waals surface area contributed by atoms with Crippen LogP contribution in [0, 0.1) is 6.92 Å². The molecule has 27 heavy (non-hydrogen) atoms. The van der Waals surface area contributed by atoms with E-state index in [1.54, 1.807) is 12.1 Å². The molecule has 1 aliphatic heterocycles. The van der Waals surface area contributed by atoms with Gasteiger partial charge in [0.25, 0.3) is 5.91 Å². The Morgan fingerprint density at radius 1 is 0.963 bits per heavy atom. The Balaban J connectivity index is 1.59. The van der Waals surface area contributed by atoms with Crippen LogP contribution in [0.2, 0.25) is 0 Å². The number of hydrogen-bond acceptors (Lipinski definition) is 3. The first-order valence-corrected chi connectivity index (χ1v) is 9.61. The number of carbonyl (C=O) groups is 2. The number of benzene rings is 2. The van der Waals surface area contributed by atoms with E-state index in [1.807, 2.05) is 43.3 Å². The molecule has 1 saturated heterocycles. The van der Waals surface area contributed by atoms with Crippen molar-refractivity contribution in [3.8, 4) is 0 Å². The van der Waals surface area contributed by atoms with Gasteiger partial charge in [0, 0.05) is 12.0 Å². The molecule has 1 aliphatic rings. The summed E-state index contributed by atoms with van der Waals surface area (Å²) in [6.45, 7) is 5.23. The van der Waals surface area contributed by atoms with E-state index in [4.69, 9.17) is 0 Å². The van der Waals surface area contributed by atoms with Crippen LogP contribution in [0.25, 0.3) is 0 Å². The lowest BCUT2D eigenvalue weighted by Crippen LogP contribution is -2.22. The van der Waals surface area contributed by atoms with Gasteiger partial charge in [-0.25, -0.2) is 0 Å². The maximum atomic E-state index is 12.4. The van der Waals surface area contributed by atoms with Crippen molar-refractivity contribution >= 4 is 23.2 Å².